The molecule has 0 aliphatic carbocycles. The van der Waals surface area contributed by atoms with Gasteiger partial charge >= 0.3 is 0 Å². The summed E-state index contributed by atoms with van der Waals surface area (Å²) in [6.07, 6.45) is 0.190. The van der Waals surface area contributed by atoms with Crippen molar-refractivity contribution in [3.63, 3.8) is 0 Å². The molecule has 0 radical (unpaired) electrons. The molecule has 1 unspecified atom stereocenters. The van der Waals surface area contributed by atoms with E-state index in [1.807, 2.05) is 0 Å². The van der Waals surface area contributed by atoms with E-state index in [1.165, 1.54) is 0 Å². The van der Waals surface area contributed by atoms with Gasteiger partial charge in [0.2, 0.25) is 0 Å². The van der Waals surface area contributed by atoms with Crippen LogP contribution in [-0.4, -0.2) is 24.4 Å². The number of aliphatic hydroxyl groups excluding tert-OH is 1. The van der Waals surface area contributed by atoms with Crippen molar-refractivity contribution in [1.82, 2.24) is 0 Å². The van der Waals surface area contributed by atoms with Gasteiger partial charge in [0.1, 0.15) is 6.10 Å². The molecule has 1 fully saturated rings. The van der Waals surface area contributed by atoms with Crippen molar-refractivity contribution < 1.29 is 9.84 Å². The lowest BCUT2D eigenvalue weighted by atomic mass is 10.5. The fourth-order valence-corrected chi connectivity index (χ4v) is 0.173. The van der Waals surface area contributed by atoms with Gasteiger partial charge < -0.3 is 9.84 Å². The minimum absolute atomic E-state index is 0.190. The van der Waals surface area contributed by atoms with Crippen LogP contribution in [0.5, 0.6) is 0 Å². The van der Waals surface area contributed by atoms with E-state index in [1.54, 1.807) is 4.91 Å². The Labute approximate surface area is 46.3 Å². The number of rotatable bonds is 1. The van der Waals surface area contributed by atoms with Crippen molar-refractivity contribution in [2.24, 2.45) is 0 Å². The van der Waals surface area contributed by atoms with E-state index in [0.717, 1.165) is 6.61 Å². The summed E-state index contributed by atoms with van der Waals surface area (Å²) in [4.78, 5) is 1.75. The first-order valence-corrected chi connectivity index (χ1v) is 2.08. The Balaban J connectivity index is 0.000000145. The van der Waals surface area contributed by atoms with Crippen LogP contribution in [0, 0.1) is 5.53 Å². The van der Waals surface area contributed by atoms with E-state index >= 15 is 0 Å². The molecule has 0 amide bonds. The second-order valence-electron chi connectivity index (χ2n) is 1.24. The zero-order valence-corrected chi connectivity index (χ0v) is 4.24. The third-order valence-corrected chi connectivity index (χ3v) is 0.606. The predicted octanol–water partition coefficient (Wildman–Crippen LogP) is 0.253. The first-order chi connectivity index (χ1) is 3.85. The van der Waals surface area contributed by atoms with E-state index in [9.17, 15) is 0 Å². The fourth-order valence-electron chi connectivity index (χ4n) is 0.173. The van der Waals surface area contributed by atoms with Crippen molar-refractivity contribution >= 4 is 0 Å². The summed E-state index contributed by atoms with van der Waals surface area (Å²) in [6.45, 7) is 0.955. The van der Waals surface area contributed by atoms with Gasteiger partial charge in [0.05, 0.1) is 13.2 Å². The molecule has 1 aliphatic heterocycles. The van der Waals surface area contributed by atoms with Crippen LogP contribution in [0.3, 0.4) is 0 Å². The van der Waals surface area contributed by atoms with E-state index in [2.05, 4.69) is 4.74 Å². The van der Waals surface area contributed by atoms with Crippen LogP contribution in [0.25, 0.3) is 10.4 Å². The van der Waals surface area contributed by atoms with Crippen LogP contribution in [0.1, 0.15) is 0 Å². The highest BCUT2D eigenvalue weighted by molar-refractivity contribution is 4.65. The van der Waals surface area contributed by atoms with Gasteiger partial charge in [0, 0.05) is 0 Å². The lowest BCUT2D eigenvalue weighted by molar-refractivity contribution is 0.244. The Morgan fingerprint density at radius 1 is 2.00 bits per heavy atom. The Kier molecular flexibility index (Phi) is 3.97. The highest BCUT2D eigenvalue weighted by Gasteiger charge is 2.19. The second kappa shape index (κ2) is 4.39. The predicted molar refractivity (Wildman–Crippen MR) is 26.3 cm³/mol. The molecule has 5 heteroatoms. The van der Waals surface area contributed by atoms with Gasteiger partial charge in [0.25, 0.3) is 0 Å². The molecule has 0 spiro atoms. The smallest absolute Gasteiger partial charge is 0.104 e. The maximum Gasteiger partial charge on any atom is 0.104 e. The van der Waals surface area contributed by atoms with Crippen LogP contribution < -0.4 is 0 Å². The number of aliphatic hydroxyl groups is 1. The first-order valence-electron chi connectivity index (χ1n) is 2.08. The minimum atomic E-state index is 0.190. The monoisotopic (exact) mass is 117 g/mol. The maximum atomic E-state index is 8.08. The molecule has 0 aromatic rings. The molecule has 0 bridgehead atoms. The quantitative estimate of drug-likeness (QED) is 0.223. The van der Waals surface area contributed by atoms with Crippen molar-refractivity contribution in [3.8, 4) is 0 Å². The number of hydrogen-bond donors (Lipinski definition) is 2. The van der Waals surface area contributed by atoms with Crippen molar-refractivity contribution in [2.45, 2.75) is 6.10 Å². The zero-order valence-electron chi connectivity index (χ0n) is 4.24. The number of epoxide rings is 1. The lowest BCUT2D eigenvalue weighted by Crippen LogP contribution is -1.88. The number of nitrogens with zero attached hydrogens (tertiary/aromatic N) is 2. The molecule has 0 aromatic carbocycles. The highest BCUT2D eigenvalue weighted by atomic mass is 16.6. The second-order valence-corrected chi connectivity index (χ2v) is 1.24. The van der Waals surface area contributed by atoms with Crippen LogP contribution in [-0.2, 0) is 4.74 Å². The molecule has 46 valence electrons. The molecule has 8 heavy (non-hydrogen) atoms. The molecule has 5 nitrogen and oxygen atoms in total. The van der Waals surface area contributed by atoms with E-state index in [0.29, 0.717) is 0 Å². The van der Waals surface area contributed by atoms with Crippen molar-refractivity contribution in [1.29, 1.82) is 5.53 Å². The van der Waals surface area contributed by atoms with Gasteiger partial charge in [-0.15, -0.1) is 5.53 Å². The summed E-state index contributed by atoms with van der Waals surface area (Å²) in [5.74, 6) is 0. The Bertz CT molecular complexity index is 84.5. The van der Waals surface area contributed by atoms with Crippen LogP contribution in [0.2, 0.25) is 0 Å². The summed E-state index contributed by atoms with van der Waals surface area (Å²) in [7, 11) is 0. The van der Waals surface area contributed by atoms with E-state index in [-0.39, 0.29) is 12.7 Å². The van der Waals surface area contributed by atoms with Gasteiger partial charge in [-0.05, 0) is 10.4 Å². The molecule has 1 atom stereocenters. The van der Waals surface area contributed by atoms with E-state index < -0.39 is 0 Å². The molecule has 0 aromatic heterocycles. The molecule has 1 saturated heterocycles. The minimum Gasteiger partial charge on any atom is -0.394 e. The molecule has 0 saturated carbocycles. The average molecular weight is 117 g/mol. The average Bonchev–Trinajstić information content (AvgIpc) is 2.48. The van der Waals surface area contributed by atoms with Crippen LogP contribution in [0.4, 0.5) is 0 Å². The lowest BCUT2D eigenvalue weighted by Gasteiger charge is -1.70. The molecule has 1 aliphatic rings. The summed E-state index contributed by atoms with van der Waals surface area (Å²) in [5.41, 5.74) is 12.2. The zero-order chi connectivity index (χ0) is 6.41. The highest BCUT2D eigenvalue weighted by Crippen LogP contribution is 2.04. The third-order valence-electron chi connectivity index (χ3n) is 0.606. The van der Waals surface area contributed by atoms with Gasteiger partial charge in [-0.25, -0.2) is 0 Å². The number of hydrogen-bond acceptors (Lipinski definition) is 3. The van der Waals surface area contributed by atoms with Crippen LogP contribution >= 0.6 is 0 Å². The largest absolute Gasteiger partial charge is 0.394 e. The summed E-state index contributed by atoms with van der Waals surface area (Å²) >= 11 is 0. The van der Waals surface area contributed by atoms with Gasteiger partial charge in [-0.3, -0.25) is 0 Å². The van der Waals surface area contributed by atoms with Crippen LogP contribution in [0.15, 0.2) is 0 Å². The first kappa shape index (κ1) is 7.23. The van der Waals surface area contributed by atoms with Gasteiger partial charge in [-0.1, -0.05) is 0 Å². The maximum absolute atomic E-state index is 8.08. The normalized spacial score (nSPS) is 22.4. The van der Waals surface area contributed by atoms with Gasteiger partial charge in [0.15, 0.2) is 0 Å². The Morgan fingerprint density at radius 3 is 2.38 bits per heavy atom. The van der Waals surface area contributed by atoms with Gasteiger partial charge in [-0.2, -0.15) is 0 Å². The Morgan fingerprint density at radius 2 is 2.38 bits per heavy atom. The topological polar surface area (TPSA) is 93.0 Å². The standard InChI is InChI=1S/C3H6O2.HN3/c4-1-3-2-5-3;1-3-2/h3-4H,1-2H2;1H. The van der Waals surface area contributed by atoms with Crippen molar-refractivity contribution in [3.05, 3.63) is 10.4 Å². The SMILES string of the molecule is OCC1CO1.[N-]=[N+]=N. The van der Waals surface area contributed by atoms with Crippen molar-refractivity contribution in [2.75, 3.05) is 13.2 Å². The summed E-state index contributed by atoms with van der Waals surface area (Å²) < 4.78 is 4.61. The number of nitrogens with one attached hydrogen (secondary N) is 1. The molecule has 1 heterocycles. The molecular weight excluding hydrogens is 110 g/mol. The summed E-state index contributed by atoms with van der Waals surface area (Å²) in [6, 6.07) is 0. The van der Waals surface area contributed by atoms with E-state index in [4.69, 9.17) is 16.2 Å². The fraction of sp³-hybridized carbons (Fsp3) is 1.00. The molecule has 2 N–H and O–H groups in total. The molecule has 1 rings (SSSR count). The summed E-state index contributed by atoms with van der Waals surface area (Å²) in [5, 5.41) is 8.08. The Hall–Kier alpha value is -0.770. The third kappa shape index (κ3) is 5.23. The molecular formula is C3H7N3O2. The number of ether oxygens (including phenoxy) is 1.